The second kappa shape index (κ2) is 37.5. The number of hydrogen-bond donors (Lipinski definition) is 6. The van der Waals surface area contributed by atoms with Crippen LogP contribution in [0.4, 0.5) is 22.7 Å². The maximum absolute atomic E-state index is 14.1. The van der Waals surface area contributed by atoms with E-state index in [4.69, 9.17) is 8.83 Å². The van der Waals surface area contributed by atoms with Gasteiger partial charge in [0.05, 0.1) is 21.7 Å². The Bertz CT molecular complexity index is 4400. The van der Waals surface area contributed by atoms with E-state index in [0.717, 1.165) is 21.5 Å². The van der Waals surface area contributed by atoms with Crippen LogP contribution in [0.1, 0.15) is 93.4 Å². The van der Waals surface area contributed by atoms with Crippen LogP contribution in [0.2, 0.25) is 0 Å². The molecule has 4 amide bonds. The molecular weight excluding hydrogens is 1360 g/mol. The van der Waals surface area contributed by atoms with Gasteiger partial charge in [-0.3, -0.25) is 49.0 Å². The molecule has 0 bridgehead atoms. The zero-order valence-electron chi connectivity index (χ0n) is 56.8. The van der Waals surface area contributed by atoms with Crippen molar-refractivity contribution in [3.8, 4) is 0 Å². The number of hydrogen-bond acceptors (Lipinski definition) is 18. The Balaban J connectivity index is 0.000000285. The summed E-state index contributed by atoms with van der Waals surface area (Å²) in [6, 6.07) is 59.3. The number of para-hydroxylation sites is 2. The van der Waals surface area contributed by atoms with Crippen LogP contribution < -0.4 is 80.0 Å². The number of amides is 4. The first-order chi connectivity index (χ1) is 48.8. The number of rotatable bonds is 30. The molecule has 26 nitrogen and oxygen atoms in total. The SMILES string of the molecule is CC(C(Cc1ccc(C(=O)Nc2ccccc2)o1)c1ccc([N+](=O)[O-])cc1)N(Cc1ccc2ccccc2c1)C(=O)C(O)C(CC(=O)[O-])C(=O)O.CC(C(Cc1ccc(C(=O)Nc2ccccc2)o1)c1ccc([N+](=O)[O-])cc1)N(Cc1ccc2ccccc2c1)C(=O)C(O)C(CC(=O)[O-])C(=O)O.[Na+].[Na+]. The summed E-state index contributed by atoms with van der Waals surface area (Å²) in [5, 5.41) is 96.4. The Kier molecular flexibility index (Phi) is 29.1. The molecule has 104 heavy (non-hydrogen) atoms. The smallest absolute Gasteiger partial charge is 0.550 e. The molecule has 0 aliphatic rings. The van der Waals surface area contributed by atoms with Crippen molar-refractivity contribution in [1.29, 1.82) is 0 Å². The molecule has 0 spiro atoms. The molecular formula is C76H68N6Na2O20. The van der Waals surface area contributed by atoms with Crippen molar-refractivity contribution in [2.45, 2.75) is 88.7 Å². The van der Waals surface area contributed by atoms with Crippen molar-refractivity contribution in [2.24, 2.45) is 11.8 Å². The number of carbonyl (C=O) groups is 8. The van der Waals surface area contributed by atoms with E-state index in [1.807, 2.05) is 72.8 Å². The van der Waals surface area contributed by atoms with Crippen molar-refractivity contribution in [3.63, 3.8) is 0 Å². The van der Waals surface area contributed by atoms with Gasteiger partial charge in [0.25, 0.3) is 35.0 Å². The predicted octanol–water partition coefficient (Wildman–Crippen LogP) is 3.09. The molecule has 2 heterocycles. The summed E-state index contributed by atoms with van der Waals surface area (Å²) in [6.45, 7) is 3.09. The summed E-state index contributed by atoms with van der Waals surface area (Å²) in [6.07, 6.45) is -6.58. The zero-order chi connectivity index (χ0) is 73.3. The van der Waals surface area contributed by atoms with Gasteiger partial charge in [0.2, 0.25) is 0 Å². The number of nitrogens with one attached hydrogen (secondary N) is 2. The third-order valence-corrected chi connectivity index (χ3v) is 17.5. The molecule has 28 heteroatoms. The first-order valence-electron chi connectivity index (χ1n) is 32.0. The minimum absolute atomic E-state index is 0. The summed E-state index contributed by atoms with van der Waals surface area (Å²) >= 11 is 0. The van der Waals surface area contributed by atoms with Crippen LogP contribution in [0.3, 0.4) is 0 Å². The minimum atomic E-state index is -2.25. The maximum atomic E-state index is 14.1. The van der Waals surface area contributed by atoms with Crippen LogP contribution in [-0.4, -0.2) is 112 Å². The Morgan fingerprint density at radius 1 is 0.442 bits per heavy atom. The molecule has 0 saturated carbocycles. The van der Waals surface area contributed by atoms with Gasteiger partial charge >= 0.3 is 71.1 Å². The van der Waals surface area contributed by atoms with Gasteiger partial charge in [0, 0.05) is 110 Å². The average Bonchev–Trinajstić information content (AvgIpc) is 1.13. The molecule has 0 fully saturated rings. The number of aliphatic hydroxyl groups excluding tert-OH is 2. The zero-order valence-corrected chi connectivity index (χ0v) is 60.8. The van der Waals surface area contributed by atoms with Gasteiger partial charge in [-0.15, -0.1) is 0 Å². The molecule has 10 aromatic rings. The van der Waals surface area contributed by atoms with Crippen LogP contribution in [0.5, 0.6) is 0 Å². The number of carboxylic acid groups (broad SMARTS) is 4. The van der Waals surface area contributed by atoms with E-state index in [1.165, 1.54) is 70.5 Å². The fourth-order valence-electron chi connectivity index (χ4n) is 12.0. The van der Waals surface area contributed by atoms with E-state index in [9.17, 15) is 89.2 Å². The van der Waals surface area contributed by atoms with Crippen LogP contribution in [0.25, 0.3) is 21.5 Å². The van der Waals surface area contributed by atoms with Crippen molar-refractivity contribution in [2.75, 3.05) is 10.6 Å². The van der Waals surface area contributed by atoms with Crippen LogP contribution in [0, 0.1) is 32.1 Å². The largest absolute Gasteiger partial charge is 1.00 e. The van der Waals surface area contributed by atoms with E-state index in [0.29, 0.717) is 45.1 Å². The number of aliphatic hydroxyl groups is 2. The maximum Gasteiger partial charge on any atom is 1.00 e. The molecule has 524 valence electrons. The van der Waals surface area contributed by atoms with E-state index in [2.05, 4.69) is 10.6 Å². The molecule has 10 rings (SSSR count). The Morgan fingerprint density at radius 2 is 0.769 bits per heavy atom. The van der Waals surface area contributed by atoms with Gasteiger partial charge in [-0.25, -0.2) is 0 Å². The van der Waals surface area contributed by atoms with Gasteiger partial charge in [-0.05, 0) is 118 Å². The van der Waals surface area contributed by atoms with Gasteiger partial charge in [-0.2, -0.15) is 0 Å². The molecule has 0 aliphatic heterocycles. The standard InChI is InChI=1S/2C38H35N3O10.2Na/c2*1-23(40(37(46)35(44)32(38(47)48)21-34(42)43)22-24-11-12-25-7-5-6-8-27(25)19-24)31(26-13-15-29(16-14-26)41(49)50)20-30-17-18-33(51-30)36(45)39-28-9-3-2-4-10-28;;/h2*2-19,23,31-32,35,44H,20-22H2,1H3,(H,39,45)(H,42,43)(H,47,48);;/q;;2*+1/p-2. The molecule has 0 aliphatic carbocycles. The number of furan rings is 2. The quantitative estimate of drug-likeness (QED) is 0.0214. The number of nitro groups is 2. The summed E-state index contributed by atoms with van der Waals surface area (Å²) in [5.41, 5.74) is 3.10. The number of benzene rings is 8. The Morgan fingerprint density at radius 3 is 1.09 bits per heavy atom. The van der Waals surface area contributed by atoms with Gasteiger partial charge in [-0.1, -0.05) is 133 Å². The summed E-state index contributed by atoms with van der Waals surface area (Å²) in [4.78, 5) is 125. The molecule has 2 aromatic heterocycles. The third-order valence-electron chi connectivity index (χ3n) is 17.5. The van der Waals surface area contributed by atoms with Crippen molar-refractivity contribution in [3.05, 3.63) is 284 Å². The number of fused-ring (bicyclic) bond motifs is 2. The number of anilines is 2. The first kappa shape index (κ1) is 80.6. The Hall–Kier alpha value is -10.7. The van der Waals surface area contributed by atoms with Crippen molar-refractivity contribution >= 4 is 91.8 Å². The molecule has 0 saturated heterocycles. The summed E-state index contributed by atoms with van der Waals surface area (Å²) in [7, 11) is 0. The van der Waals surface area contributed by atoms with Crippen LogP contribution in [-0.2, 0) is 54.7 Å². The van der Waals surface area contributed by atoms with E-state index in [-0.39, 0.29) is 108 Å². The molecule has 8 atom stereocenters. The molecule has 0 radical (unpaired) electrons. The van der Waals surface area contributed by atoms with Crippen molar-refractivity contribution < 1.29 is 147 Å². The molecule has 6 N–H and O–H groups in total. The topological polar surface area (TPSA) is 407 Å². The Labute approximate surface area is 638 Å². The number of nitrogens with zero attached hydrogens (tertiary/aromatic N) is 4. The second-order valence-electron chi connectivity index (χ2n) is 24.2. The normalized spacial score (nSPS) is 13.2. The predicted molar refractivity (Wildman–Crippen MR) is 367 cm³/mol. The summed E-state index contributed by atoms with van der Waals surface area (Å²) in [5.74, 6) is -14.7. The monoisotopic (exact) mass is 1430 g/mol. The van der Waals surface area contributed by atoms with E-state index < -0.39 is 118 Å². The fourth-order valence-corrected chi connectivity index (χ4v) is 12.0. The molecule has 8 aromatic carbocycles. The van der Waals surface area contributed by atoms with E-state index >= 15 is 0 Å². The summed E-state index contributed by atoms with van der Waals surface area (Å²) < 4.78 is 11.9. The third kappa shape index (κ3) is 21.2. The van der Waals surface area contributed by atoms with Crippen LogP contribution >= 0.6 is 0 Å². The first-order valence-corrected chi connectivity index (χ1v) is 32.0. The number of aliphatic carboxylic acids is 4. The average molecular weight is 1430 g/mol. The number of carbonyl (C=O) groups excluding carboxylic acids is 6. The van der Waals surface area contributed by atoms with Crippen LogP contribution in [0.15, 0.2) is 227 Å². The van der Waals surface area contributed by atoms with E-state index in [1.54, 1.807) is 98.8 Å². The van der Waals surface area contributed by atoms with Gasteiger partial charge in [0.15, 0.2) is 11.5 Å². The van der Waals surface area contributed by atoms with Gasteiger partial charge in [0.1, 0.15) is 23.7 Å². The van der Waals surface area contributed by atoms with Crippen molar-refractivity contribution in [1.82, 2.24) is 9.80 Å². The number of nitro benzene ring substituents is 2. The number of carboxylic acids is 4. The molecule has 8 unspecified atom stereocenters. The van der Waals surface area contributed by atoms with Gasteiger partial charge < -0.3 is 69.5 Å². The minimum Gasteiger partial charge on any atom is -0.550 e. The fraction of sp³-hybridized carbons (Fsp3) is 0.211. The number of non-ortho nitro benzene ring substituents is 2. The second-order valence-corrected chi connectivity index (χ2v) is 24.2.